The van der Waals surface area contributed by atoms with E-state index < -0.39 is 11.8 Å². The second-order valence-corrected chi connectivity index (χ2v) is 6.84. The van der Waals surface area contributed by atoms with Gasteiger partial charge in [-0.3, -0.25) is 20.4 Å². The molecule has 2 aromatic carbocycles. The average Bonchev–Trinajstić information content (AvgIpc) is 2.76. The van der Waals surface area contributed by atoms with Crippen molar-refractivity contribution < 1.29 is 19.1 Å². The number of nitrogens with one attached hydrogen (secondary N) is 2. The van der Waals surface area contributed by atoms with Gasteiger partial charge in [0.25, 0.3) is 11.8 Å². The summed E-state index contributed by atoms with van der Waals surface area (Å²) in [6.45, 7) is 6.63. The van der Waals surface area contributed by atoms with Crippen molar-refractivity contribution in [3.8, 4) is 11.5 Å². The molecular weight excluding hydrogens is 368 g/mol. The zero-order valence-corrected chi connectivity index (χ0v) is 17.4. The maximum absolute atomic E-state index is 12.4. The molecule has 1 unspecified atom stereocenters. The molecule has 0 aliphatic heterocycles. The molecule has 6 nitrogen and oxygen atoms in total. The van der Waals surface area contributed by atoms with Gasteiger partial charge in [0.2, 0.25) is 0 Å². The fraction of sp³-hybridized carbons (Fsp3) is 0.391. The lowest BCUT2D eigenvalue weighted by atomic mass is 9.98. The van der Waals surface area contributed by atoms with E-state index >= 15 is 0 Å². The van der Waals surface area contributed by atoms with E-state index in [0.29, 0.717) is 29.6 Å². The predicted octanol–water partition coefficient (Wildman–Crippen LogP) is 4.22. The van der Waals surface area contributed by atoms with Gasteiger partial charge in [0, 0.05) is 0 Å². The average molecular weight is 399 g/mol. The van der Waals surface area contributed by atoms with E-state index in [2.05, 4.69) is 31.6 Å². The summed E-state index contributed by atoms with van der Waals surface area (Å²) in [5.41, 5.74) is 6.23. The Bertz CT molecular complexity index is 807. The second-order valence-electron chi connectivity index (χ2n) is 6.84. The first-order valence-corrected chi connectivity index (χ1v) is 10.1. The van der Waals surface area contributed by atoms with E-state index in [0.717, 1.165) is 24.8 Å². The highest BCUT2D eigenvalue weighted by Crippen LogP contribution is 2.28. The summed E-state index contributed by atoms with van der Waals surface area (Å²) in [7, 11) is 0. The van der Waals surface area contributed by atoms with Crippen LogP contribution in [0.3, 0.4) is 0 Å². The van der Waals surface area contributed by atoms with Gasteiger partial charge in [-0.2, -0.15) is 0 Å². The monoisotopic (exact) mass is 398 g/mol. The molecule has 2 N–H and O–H groups in total. The van der Waals surface area contributed by atoms with Crippen molar-refractivity contribution in [2.45, 2.75) is 46.0 Å². The van der Waals surface area contributed by atoms with E-state index in [9.17, 15) is 9.59 Å². The van der Waals surface area contributed by atoms with Gasteiger partial charge in [0.05, 0.1) is 12.2 Å². The highest BCUT2D eigenvalue weighted by atomic mass is 16.5. The third-order valence-corrected chi connectivity index (χ3v) is 4.62. The van der Waals surface area contributed by atoms with Crippen molar-refractivity contribution in [2.24, 2.45) is 0 Å². The van der Waals surface area contributed by atoms with Crippen molar-refractivity contribution in [2.75, 3.05) is 13.2 Å². The van der Waals surface area contributed by atoms with E-state index in [4.69, 9.17) is 9.47 Å². The number of rotatable bonds is 10. The molecule has 0 spiro atoms. The highest BCUT2D eigenvalue weighted by Gasteiger charge is 2.14. The third-order valence-electron chi connectivity index (χ3n) is 4.62. The summed E-state index contributed by atoms with van der Waals surface area (Å²) in [4.78, 5) is 24.5. The number of carbonyl (C=O) groups is 2. The Balaban J connectivity index is 1.88. The van der Waals surface area contributed by atoms with Crippen LogP contribution in [0.4, 0.5) is 0 Å². The Kier molecular flexibility index (Phi) is 9.02. The molecule has 2 rings (SSSR count). The number of hydrogen-bond donors (Lipinski definition) is 2. The van der Waals surface area contributed by atoms with Gasteiger partial charge in [-0.25, -0.2) is 0 Å². The van der Waals surface area contributed by atoms with Crippen LogP contribution in [0.5, 0.6) is 11.5 Å². The normalized spacial score (nSPS) is 11.4. The van der Waals surface area contributed by atoms with Crippen LogP contribution in [-0.4, -0.2) is 25.0 Å². The minimum atomic E-state index is -0.443. The summed E-state index contributed by atoms with van der Waals surface area (Å²) in [6, 6.07) is 14.6. The minimum absolute atomic E-state index is 0.192. The molecule has 29 heavy (non-hydrogen) atoms. The highest BCUT2D eigenvalue weighted by molar-refractivity contribution is 5.97. The van der Waals surface area contributed by atoms with Crippen LogP contribution in [0.25, 0.3) is 0 Å². The molecular formula is C23H30N2O4. The lowest BCUT2D eigenvalue weighted by Crippen LogP contribution is -2.44. The zero-order chi connectivity index (χ0) is 21.1. The molecule has 0 aliphatic carbocycles. The van der Waals surface area contributed by atoms with Crippen LogP contribution in [0.1, 0.15) is 61.9 Å². The first-order valence-electron chi connectivity index (χ1n) is 10.1. The van der Waals surface area contributed by atoms with E-state index in [1.807, 2.05) is 24.3 Å². The Morgan fingerprint density at radius 3 is 2.34 bits per heavy atom. The van der Waals surface area contributed by atoms with Crippen LogP contribution in [0.15, 0.2) is 48.5 Å². The molecule has 0 fully saturated rings. The molecule has 2 amide bonds. The first-order chi connectivity index (χ1) is 14.1. The van der Waals surface area contributed by atoms with E-state index in [1.54, 1.807) is 24.3 Å². The van der Waals surface area contributed by atoms with Gasteiger partial charge in [-0.05, 0) is 42.5 Å². The van der Waals surface area contributed by atoms with Gasteiger partial charge in [0.1, 0.15) is 11.5 Å². The fourth-order valence-corrected chi connectivity index (χ4v) is 2.72. The van der Waals surface area contributed by atoms with Crippen molar-refractivity contribution in [3.05, 3.63) is 59.7 Å². The number of hydrogen-bond acceptors (Lipinski definition) is 4. The molecule has 1 atom stereocenters. The van der Waals surface area contributed by atoms with Gasteiger partial charge in [0.15, 0.2) is 6.61 Å². The van der Waals surface area contributed by atoms with Crippen molar-refractivity contribution in [3.63, 3.8) is 0 Å². The molecule has 6 heteroatoms. The number of benzene rings is 2. The summed E-state index contributed by atoms with van der Waals surface area (Å²) >= 11 is 0. The van der Waals surface area contributed by atoms with E-state index in [1.165, 1.54) is 0 Å². The fourth-order valence-electron chi connectivity index (χ4n) is 2.72. The van der Waals surface area contributed by atoms with Gasteiger partial charge >= 0.3 is 0 Å². The number of unbranched alkanes of at least 4 members (excludes halogenated alkanes) is 1. The summed E-state index contributed by atoms with van der Waals surface area (Å²) < 4.78 is 11.3. The zero-order valence-electron chi connectivity index (χ0n) is 17.4. The van der Waals surface area contributed by atoms with Crippen molar-refractivity contribution in [1.82, 2.24) is 10.9 Å². The number of amides is 2. The van der Waals surface area contributed by atoms with Gasteiger partial charge in [-0.15, -0.1) is 0 Å². The molecule has 0 aliphatic rings. The van der Waals surface area contributed by atoms with Crippen LogP contribution >= 0.6 is 0 Å². The minimum Gasteiger partial charge on any atom is -0.493 e. The lowest BCUT2D eigenvalue weighted by molar-refractivity contribution is -0.123. The van der Waals surface area contributed by atoms with Gasteiger partial charge in [-0.1, -0.05) is 57.5 Å². The van der Waals surface area contributed by atoms with Crippen molar-refractivity contribution >= 4 is 11.8 Å². The number of carbonyl (C=O) groups excluding carboxylic acids is 2. The molecule has 0 bridgehead atoms. The SMILES string of the molecule is CCCCOc1ccccc1C(=O)NNC(=O)COc1ccccc1C(C)CC. The number of ether oxygens (including phenoxy) is 2. The molecule has 0 saturated heterocycles. The Morgan fingerprint density at radius 2 is 1.62 bits per heavy atom. The summed E-state index contributed by atoms with van der Waals surface area (Å²) in [5, 5.41) is 0. The molecule has 0 saturated carbocycles. The maximum Gasteiger partial charge on any atom is 0.276 e. The maximum atomic E-state index is 12.4. The topological polar surface area (TPSA) is 76.7 Å². The van der Waals surface area contributed by atoms with Crippen LogP contribution in [-0.2, 0) is 4.79 Å². The molecule has 156 valence electrons. The lowest BCUT2D eigenvalue weighted by Gasteiger charge is -2.16. The van der Waals surface area contributed by atoms with Crippen LogP contribution in [0.2, 0.25) is 0 Å². The van der Waals surface area contributed by atoms with Crippen LogP contribution < -0.4 is 20.3 Å². The molecule has 0 radical (unpaired) electrons. The van der Waals surface area contributed by atoms with E-state index in [-0.39, 0.29) is 6.61 Å². The predicted molar refractivity (Wildman–Crippen MR) is 113 cm³/mol. The number of para-hydroxylation sites is 2. The quantitative estimate of drug-likeness (QED) is 0.464. The molecule has 0 heterocycles. The van der Waals surface area contributed by atoms with Crippen molar-refractivity contribution in [1.29, 1.82) is 0 Å². The molecule has 2 aromatic rings. The standard InChI is InChI=1S/C23H30N2O4/c1-4-6-15-28-21-14-10-8-12-19(21)23(27)25-24-22(26)16-29-20-13-9-7-11-18(20)17(3)5-2/h7-14,17H,4-6,15-16H2,1-3H3,(H,24,26)(H,25,27). The Labute approximate surface area is 172 Å². The molecule has 0 aromatic heterocycles. The third kappa shape index (κ3) is 6.82. The Hall–Kier alpha value is -3.02. The smallest absolute Gasteiger partial charge is 0.276 e. The first kappa shape index (κ1) is 22.3. The van der Waals surface area contributed by atoms with Gasteiger partial charge < -0.3 is 9.47 Å². The summed E-state index contributed by atoms with van der Waals surface area (Å²) in [6.07, 6.45) is 2.88. The van der Waals surface area contributed by atoms with Crippen LogP contribution in [0, 0.1) is 0 Å². The largest absolute Gasteiger partial charge is 0.493 e. The second kappa shape index (κ2) is 11.7. The number of hydrazine groups is 1. The summed E-state index contributed by atoms with van der Waals surface area (Å²) in [5.74, 6) is 0.620. The Morgan fingerprint density at radius 1 is 0.931 bits per heavy atom.